The first-order chi connectivity index (χ1) is 25.2. The molecule has 14 nitrogen and oxygen atoms in total. The fourth-order valence-corrected chi connectivity index (χ4v) is 8.46. The zero-order valence-corrected chi connectivity index (χ0v) is 34.4. The predicted octanol–water partition coefficient (Wildman–Crippen LogP) is 2.70. The number of likely N-dealkylation sites (N-methyl/N-ethyl adjacent to an activating group) is 2. The highest BCUT2D eigenvalue weighted by atomic mass is 16.7. The second-order valence-electron chi connectivity index (χ2n) is 16.6. The van der Waals surface area contributed by atoms with Crippen molar-refractivity contribution in [2.24, 2.45) is 17.3 Å². The summed E-state index contributed by atoms with van der Waals surface area (Å²) in [5, 5.41) is 11.4. The van der Waals surface area contributed by atoms with Gasteiger partial charge in [-0.15, -0.1) is 0 Å². The van der Waals surface area contributed by atoms with Gasteiger partial charge in [0.05, 0.1) is 24.9 Å². The highest BCUT2D eigenvalue weighted by Gasteiger charge is 2.52. The van der Waals surface area contributed by atoms with Crippen LogP contribution in [0.5, 0.6) is 5.75 Å². The number of nitrogens with zero attached hydrogens (tertiary/aromatic N) is 4. The Bertz CT molecular complexity index is 1480. The maximum Gasteiger partial charge on any atom is 0.319 e. The molecule has 0 unspecified atom stereocenters. The molecule has 3 aliphatic heterocycles. The Morgan fingerprint density at radius 1 is 0.981 bits per heavy atom. The average Bonchev–Trinajstić information content (AvgIpc) is 3.13. The topological polar surface area (TPSA) is 148 Å². The number of benzene rings is 1. The van der Waals surface area contributed by atoms with Crippen molar-refractivity contribution >= 4 is 23.6 Å². The quantitative estimate of drug-likeness (QED) is 0.322. The SMILES string of the molecule is COc1cccc(C(=O)N2CCN(C(=O)[C@H]3[C@H](C)OC(=O)C(C)(C)C(=O)[C@H](C)[C@@H](O[C@@H]4O[C@H](C)C[C@H](N(C)C)[C@H]4O)[C@](C)(OC)C[C@@H](C)CN3C)CC2)c1. The van der Waals surface area contributed by atoms with E-state index in [0.29, 0.717) is 56.9 Å². The van der Waals surface area contributed by atoms with Crippen LogP contribution < -0.4 is 4.74 Å². The lowest BCUT2D eigenvalue weighted by Gasteiger charge is -2.47. The summed E-state index contributed by atoms with van der Waals surface area (Å²) in [6.45, 7) is 14.0. The first-order valence-electron chi connectivity index (χ1n) is 19.1. The summed E-state index contributed by atoms with van der Waals surface area (Å²) in [7, 11) is 8.73. The van der Waals surface area contributed by atoms with Gasteiger partial charge >= 0.3 is 5.97 Å². The number of Topliss-reactive ketones (excluding diaryl/α,β-unsaturated/α-hetero) is 1. The number of methoxy groups -OCH3 is 2. The normalized spacial score (nSPS) is 34.7. The maximum absolute atomic E-state index is 14.4. The lowest BCUT2D eigenvalue weighted by molar-refractivity contribution is -0.295. The summed E-state index contributed by atoms with van der Waals surface area (Å²) in [4.78, 5) is 63.3. The molecule has 3 saturated heterocycles. The first-order valence-corrected chi connectivity index (χ1v) is 19.1. The number of cyclic esters (lactones) is 1. The molecule has 3 heterocycles. The van der Waals surface area contributed by atoms with Crippen LogP contribution in [0.1, 0.15) is 71.7 Å². The molecule has 0 bridgehead atoms. The van der Waals surface area contributed by atoms with E-state index in [-0.39, 0.29) is 29.9 Å². The van der Waals surface area contributed by atoms with Crippen molar-refractivity contribution in [2.75, 3.05) is 68.1 Å². The minimum Gasteiger partial charge on any atom is -0.497 e. The first kappa shape index (κ1) is 43.6. The lowest BCUT2D eigenvalue weighted by atomic mass is 9.74. The molecule has 0 aromatic heterocycles. The van der Waals surface area contributed by atoms with E-state index in [9.17, 15) is 24.3 Å². The van der Waals surface area contributed by atoms with E-state index < -0.39 is 59.3 Å². The second kappa shape index (κ2) is 17.8. The minimum absolute atomic E-state index is 0.0942. The van der Waals surface area contributed by atoms with Crippen LogP contribution in [0.3, 0.4) is 0 Å². The molecule has 0 spiro atoms. The number of aliphatic hydroxyl groups is 1. The standard InChI is InChI=1S/C40H64N4O10/c1-24-22-40(7,51-12)34(54-37-32(45)30(41(8)9)20-25(2)52-37)26(3)33(46)39(5,6)38(49)53-27(4)31(42(10)23-24)36(48)44-18-16-43(17-19-44)35(47)28-14-13-15-29(21-28)50-11/h13-15,21,24-27,30-32,34,37,45H,16-20,22-23H2,1-12H3/t24-,25-,26+,27+,30+,31-,32-,34-,37+,40-/m1/s1. The van der Waals surface area contributed by atoms with E-state index in [1.807, 2.05) is 51.7 Å². The van der Waals surface area contributed by atoms with E-state index >= 15 is 0 Å². The Hall–Kier alpha value is -3.14. The summed E-state index contributed by atoms with van der Waals surface area (Å²) in [6, 6.07) is 5.89. The zero-order valence-electron chi connectivity index (χ0n) is 34.4. The van der Waals surface area contributed by atoms with Crippen molar-refractivity contribution in [2.45, 2.75) is 110 Å². The number of piperazine rings is 1. The van der Waals surface area contributed by atoms with Gasteiger partial charge < -0.3 is 43.5 Å². The van der Waals surface area contributed by atoms with Crippen molar-refractivity contribution in [1.82, 2.24) is 19.6 Å². The van der Waals surface area contributed by atoms with Crippen molar-refractivity contribution in [3.8, 4) is 5.75 Å². The van der Waals surface area contributed by atoms with Gasteiger partial charge in [0.25, 0.3) is 5.91 Å². The monoisotopic (exact) mass is 760 g/mol. The van der Waals surface area contributed by atoms with E-state index in [4.69, 9.17) is 23.7 Å². The number of carbonyl (C=O) groups excluding carboxylic acids is 4. The third-order valence-corrected chi connectivity index (χ3v) is 11.6. The van der Waals surface area contributed by atoms with Crippen LogP contribution in [0.15, 0.2) is 24.3 Å². The summed E-state index contributed by atoms with van der Waals surface area (Å²) < 4.78 is 30.3. The number of carbonyl (C=O) groups is 4. The predicted molar refractivity (Wildman–Crippen MR) is 202 cm³/mol. The molecule has 0 saturated carbocycles. The maximum atomic E-state index is 14.4. The molecule has 2 amide bonds. The Morgan fingerprint density at radius 3 is 2.20 bits per heavy atom. The van der Waals surface area contributed by atoms with Gasteiger partial charge in [0, 0.05) is 57.4 Å². The molecular formula is C40H64N4O10. The fourth-order valence-electron chi connectivity index (χ4n) is 8.46. The van der Waals surface area contributed by atoms with Crippen LogP contribution in [-0.2, 0) is 33.3 Å². The number of amides is 2. The van der Waals surface area contributed by atoms with Gasteiger partial charge in [-0.1, -0.05) is 19.9 Å². The Morgan fingerprint density at radius 2 is 1.61 bits per heavy atom. The minimum atomic E-state index is -1.62. The van der Waals surface area contributed by atoms with Gasteiger partial charge in [0.1, 0.15) is 29.4 Å². The molecule has 0 aliphatic carbocycles. The van der Waals surface area contributed by atoms with Gasteiger partial charge in [-0.05, 0) is 92.7 Å². The molecule has 304 valence electrons. The number of hydrogen-bond acceptors (Lipinski definition) is 12. The van der Waals surface area contributed by atoms with Crippen LogP contribution in [0.25, 0.3) is 0 Å². The summed E-state index contributed by atoms with van der Waals surface area (Å²) in [5.74, 6) is -1.93. The third kappa shape index (κ3) is 9.44. The largest absolute Gasteiger partial charge is 0.497 e. The van der Waals surface area contributed by atoms with Crippen molar-refractivity contribution < 1.29 is 48.0 Å². The molecule has 0 radical (unpaired) electrons. The summed E-state index contributed by atoms with van der Waals surface area (Å²) in [6.07, 6.45) is -3.07. The highest BCUT2D eigenvalue weighted by molar-refractivity contribution is 6.04. The van der Waals surface area contributed by atoms with Gasteiger partial charge in [-0.2, -0.15) is 0 Å². The smallest absolute Gasteiger partial charge is 0.319 e. The molecule has 1 N–H and O–H groups in total. The highest BCUT2D eigenvalue weighted by Crippen LogP contribution is 2.38. The number of hydrogen-bond donors (Lipinski definition) is 1. The van der Waals surface area contributed by atoms with Crippen LogP contribution in [0, 0.1) is 17.3 Å². The van der Waals surface area contributed by atoms with Crippen molar-refractivity contribution in [1.29, 1.82) is 0 Å². The average molecular weight is 761 g/mol. The van der Waals surface area contributed by atoms with Crippen LogP contribution >= 0.6 is 0 Å². The van der Waals surface area contributed by atoms with Crippen molar-refractivity contribution in [3.63, 3.8) is 0 Å². The van der Waals surface area contributed by atoms with Crippen LogP contribution in [-0.4, -0.2) is 165 Å². The molecule has 3 fully saturated rings. The van der Waals surface area contributed by atoms with Gasteiger partial charge in [0.2, 0.25) is 5.91 Å². The van der Waals surface area contributed by atoms with E-state index in [1.54, 1.807) is 62.1 Å². The third-order valence-electron chi connectivity index (χ3n) is 11.6. The molecule has 1 aromatic carbocycles. The van der Waals surface area contributed by atoms with Crippen molar-refractivity contribution in [3.05, 3.63) is 29.8 Å². The molecule has 14 heteroatoms. The number of aliphatic hydroxyl groups excluding tert-OH is 1. The van der Waals surface area contributed by atoms with Crippen LogP contribution in [0.4, 0.5) is 0 Å². The molecule has 4 rings (SSSR count). The fraction of sp³-hybridized carbons (Fsp3) is 0.750. The Kier molecular flexibility index (Phi) is 14.3. The summed E-state index contributed by atoms with van der Waals surface area (Å²) >= 11 is 0. The molecule has 3 aliphatic rings. The van der Waals surface area contributed by atoms with E-state index in [2.05, 4.69) is 0 Å². The number of esters is 1. The number of ketones is 1. The molecule has 54 heavy (non-hydrogen) atoms. The van der Waals surface area contributed by atoms with E-state index in [0.717, 1.165) is 0 Å². The van der Waals surface area contributed by atoms with Crippen LogP contribution in [0.2, 0.25) is 0 Å². The zero-order chi connectivity index (χ0) is 40.3. The van der Waals surface area contributed by atoms with Gasteiger partial charge in [-0.25, -0.2) is 0 Å². The lowest BCUT2D eigenvalue weighted by Crippen LogP contribution is -2.59. The Labute approximate surface area is 321 Å². The molecular weight excluding hydrogens is 696 g/mol. The Balaban J connectivity index is 1.60. The second-order valence-corrected chi connectivity index (χ2v) is 16.6. The van der Waals surface area contributed by atoms with Gasteiger partial charge in [0.15, 0.2) is 12.1 Å². The van der Waals surface area contributed by atoms with Gasteiger partial charge in [-0.3, -0.25) is 24.1 Å². The number of ether oxygens (including phenoxy) is 5. The summed E-state index contributed by atoms with van der Waals surface area (Å²) in [5.41, 5.74) is -2.18. The molecule has 10 atom stereocenters. The molecule has 1 aromatic rings. The van der Waals surface area contributed by atoms with E-state index in [1.165, 1.54) is 13.8 Å². The number of rotatable bonds is 7.